The van der Waals surface area contributed by atoms with E-state index < -0.39 is 30.0 Å². The van der Waals surface area contributed by atoms with Gasteiger partial charge in [-0.2, -0.15) is 0 Å². The van der Waals surface area contributed by atoms with Gasteiger partial charge in [0.1, 0.15) is 6.61 Å². The Labute approximate surface area is 121 Å². The standard InChI is InChI=1S/C15H17F3O3/c16-12-3-2-11(14(17)15(12)18)9-21-13(19)4-1-10-5-7-20-8-6-10/h2-3,10H,1,4-9H2. The maximum Gasteiger partial charge on any atom is 0.306 e. The first kappa shape index (κ1) is 15.8. The van der Waals surface area contributed by atoms with Crippen LogP contribution < -0.4 is 0 Å². The van der Waals surface area contributed by atoms with Gasteiger partial charge in [-0.25, -0.2) is 13.2 Å². The Kier molecular flexibility index (Phi) is 5.61. The van der Waals surface area contributed by atoms with Gasteiger partial charge in [0.15, 0.2) is 17.5 Å². The molecule has 0 spiro atoms. The van der Waals surface area contributed by atoms with Crippen molar-refractivity contribution in [2.24, 2.45) is 5.92 Å². The third-order valence-corrected chi connectivity index (χ3v) is 3.60. The predicted molar refractivity (Wildman–Crippen MR) is 68.9 cm³/mol. The molecule has 1 aliphatic heterocycles. The Morgan fingerprint density at radius 3 is 2.62 bits per heavy atom. The highest BCUT2D eigenvalue weighted by Crippen LogP contribution is 2.21. The number of esters is 1. The van der Waals surface area contributed by atoms with E-state index in [0.29, 0.717) is 25.6 Å². The number of hydrogen-bond acceptors (Lipinski definition) is 3. The van der Waals surface area contributed by atoms with Crippen LogP contribution in [0.25, 0.3) is 0 Å². The zero-order valence-corrected chi connectivity index (χ0v) is 11.5. The molecule has 1 aromatic rings. The molecule has 0 aromatic heterocycles. The lowest BCUT2D eigenvalue weighted by atomic mass is 9.95. The van der Waals surface area contributed by atoms with Crippen molar-refractivity contribution in [1.82, 2.24) is 0 Å². The van der Waals surface area contributed by atoms with Crippen LogP contribution in [0.15, 0.2) is 12.1 Å². The Morgan fingerprint density at radius 1 is 1.19 bits per heavy atom. The molecule has 1 saturated heterocycles. The number of rotatable bonds is 5. The molecule has 1 aromatic carbocycles. The fourth-order valence-corrected chi connectivity index (χ4v) is 2.26. The largest absolute Gasteiger partial charge is 0.461 e. The van der Waals surface area contributed by atoms with Crippen molar-refractivity contribution < 1.29 is 27.4 Å². The molecule has 0 saturated carbocycles. The van der Waals surface area contributed by atoms with Crippen molar-refractivity contribution in [3.05, 3.63) is 35.1 Å². The highest BCUT2D eigenvalue weighted by atomic mass is 19.2. The predicted octanol–water partition coefficient (Wildman–Crippen LogP) is 3.35. The molecule has 2 rings (SSSR count). The summed E-state index contributed by atoms with van der Waals surface area (Å²) in [6, 6.07) is 1.88. The third kappa shape index (κ3) is 4.46. The van der Waals surface area contributed by atoms with Crippen molar-refractivity contribution in [2.45, 2.75) is 32.3 Å². The first-order valence-corrected chi connectivity index (χ1v) is 6.93. The summed E-state index contributed by atoms with van der Waals surface area (Å²) >= 11 is 0. The number of halogens is 3. The fraction of sp³-hybridized carbons (Fsp3) is 0.533. The van der Waals surface area contributed by atoms with E-state index in [1.54, 1.807) is 0 Å². The van der Waals surface area contributed by atoms with E-state index in [-0.39, 0.29) is 12.0 Å². The molecule has 116 valence electrons. The van der Waals surface area contributed by atoms with Crippen LogP contribution in [0.5, 0.6) is 0 Å². The highest BCUT2D eigenvalue weighted by molar-refractivity contribution is 5.69. The topological polar surface area (TPSA) is 35.5 Å². The quantitative estimate of drug-likeness (QED) is 0.618. The van der Waals surface area contributed by atoms with Crippen molar-refractivity contribution in [1.29, 1.82) is 0 Å². The maximum absolute atomic E-state index is 13.4. The molecule has 0 N–H and O–H groups in total. The van der Waals surface area contributed by atoms with Crippen LogP contribution >= 0.6 is 0 Å². The van der Waals surface area contributed by atoms with E-state index >= 15 is 0 Å². The molecule has 1 heterocycles. The molecular weight excluding hydrogens is 285 g/mol. The van der Waals surface area contributed by atoms with E-state index in [1.165, 1.54) is 0 Å². The first-order valence-electron chi connectivity index (χ1n) is 6.93. The highest BCUT2D eigenvalue weighted by Gasteiger charge is 2.17. The second-order valence-electron chi connectivity index (χ2n) is 5.09. The van der Waals surface area contributed by atoms with Crippen LogP contribution in [0, 0.1) is 23.4 Å². The van der Waals surface area contributed by atoms with Crippen LogP contribution in [0.2, 0.25) is 0 Å². The lowest BCUT2D eigenvalue weighted by Gasteiger charge is -2.21. The molecule has 0 bridgehead atoms. The van der Waals surface area contributed by atoms with Crippen LogP contribution in [0.3, 0.4) is 0 Å². The SMILES string of the molecule is O=C(CCC1CCOCC1)OCc1ccc(F)c(F)c1F. The van der Waals surface area contributed by atoms with E-state index in [2.05, 4.69) is 0 Å². The summed E-state index contributed by atoms with van der Waals surface area (Å²) in [7, 11) is 0. The number of benzene rings is 1. The molecule has 21 heavy (non-hydrogen) atoms. The normalized spacial score (nSPS) is 16.0. The van der Waals surface area contributed by atoms with E-state index in [1.807, 2.05) is 0 Å². The second kappa shape index (κ2) is 7.45. The van der Waals surface area contributed by atoms with Gasteiger partial charge < -0.3 is 9.47 Å². The van der Waals surface area contributed by atoms with Crippen molar-refractivity contribution in [3.63, 3.8) is 0 Å². The van der Waals surface area contributed by atoms with Crippen LogP contribution in [-0.4, -0.2) is 19.2 Å². The molecule has 1 fully saturated rings. The van der Waals surface area contributed by atoms with Gasteiger partial charge in [0.2, 0.25) is 0 Å². The summed E-state index contributed by atoms with van der Waals surface area (Å²) in [5, 5.41) is 0. The Hall–Kier alpha value is -1.56. The molecule has 0 atom stereocenters. The summed E-state index contributed by atoms with van der Waals surface area (Å²) in [6.45, 7) is 1.02. The van der Waals surface area contributed by atoms with E-state index in [9.17, 15) is 18.0 Å². The molecule has 3 nitrogen and oxygen atoms in total. The van der Waals surface area contributed by atoms with Gasteiger partial charge in [0.05, 0.1) is 0 Å². The first-order chi connectivity index (χ1) is 10.1. The van der Waals surface area contributed by atoms with Gasteiger partial charge in [0, 0.05) is 25.2 Å². The zero-order chi connectivity index (χ0) is 15.2. The lowest BCUT2D eigenvalue weighted by molar-refractivity contribution is -0.145. The Bertz CT molecular complexity index is 499. The van der Waals surface area contributed by atoms with Gasteiger partial charge in [-0.3, -0.25) is 4.79 Å². The number of ether oxygens (including phenoxy) is 2. The van der Waals surface area contributed by atoms with E-state index in [4.69, 9.17) is 9.47 Å². The number of carbonyl (C=O) groups is 1. The van der Waals surface area contributed by atoms with Crippen LogP contribution in [-0.2, 0) is 20.9 Å². The lowest BCUT2D eigenvalue weighted by Crippen LogP contribution is -2.17. The minimum atomic E-state index is -1.55. The van der Waals surface area contributed by atoms with Crippen LogP contribution in [0.1, 0.15) is 31.2 Å². The summed E-state index contributed by atoms with van der Waals surface area (Å²) < 4.78 is 49.2. The molecule has 6 heteroatoms. The minimum absolute atomic E-state index is 0.173. The monoisotopic (exact) mass is 302 g/mol. The number of hydrogen-bond donors (Lipinski definition) is 0. The van der Waals surface area contributed by atoms with Crippen molar-refractivity contribution in [3.8, 4) is 0 Å². The third-order valence-electron chi connectivity index (χ3n) is 3.60. The van der Waals surface area contributed by atoms with Crippen molar-refractivity contribution in [2.75, 3.05) is 13.2 Å². The summed E-state index contributed by atoms with van der Waals surface area (Å²) in [4.78, 5) is 11.6. The van der Waals surface area contributed by atoms with Gasteiger partial charge in [0.25, 0.3) is 0 Å². The Balaban J connectivity index is 1.77. The molecular formula is C15H17F3O3. The summed E-state index contributed by atoms with van der Waals surface area (Å²) in [6.07, 6.45) is 2.77. The average molecular weight is 302 g/mol. The summed E-state index contributed by atoms with van der Waals surface area (Å²) in [5.41, 5.74) is -0.173. The van der Waals surface area contributed by atoms with Crippen molar-refractivity contribution >= 4 is 5.97 Å². The van der Waals surface area contributed by atoms with Gasteiger partial charge >= 0.3 is 5.97 Å². The molecule has 1 aliphatic rings. The van der Waals surface area contributed by atoms with Gasteiger partial charge in [-0.05, 0) is 37.3 Å². The van der Waals surface area contributed by atoms with Gasteiger partial charge in [-0.15, -0.1) is 0 Å². The van der Waals surface area contributed by atoms with Gasteiger partial charge in [-0.1, -0.05) is 0 Å². The van der Waals surface area contributed by atoms with E-state index in [0.717, 1.165) is 25.0 Å². The molecule has 0 unspecified atom stereocenters. The smallest absolute Gasteiger partial charge is 0.306 e. The molecule has 0 aliphatic carbocycles. The summed E-state index contributed by atoms with van der Waals surface area (Å²) in [5.74, 6) is -4.16. The zero-order valence-electron chi connectivity index (χ0n) is 11.5. The minimum Gasteiger partial charge on any atom is -0.461 e. The van der Waals surface area contributed by atoms with Crippen LogP contribution in [0.4, 0.5) is 13.2 Å². The maximum atomic E-state index is 13.4. The molecule has 0 radical (unpaired) electrons. The number of carbonyl (C=O) groups excluding carboxylic acids is 1. The average Bonchev–Trinajstić information content (AvgIpc) is 2.51. The fourth-order valence-electron chi connectivity index (χ4n) is 2.26. The Morgan fingerprint density at radius 2 is 1.90 bits per heavy atom. The molecule has 0 amide bonds. The second-order valence-corrected chi connectivity index (χ2v) is 5.09.